The van der Waals surface area contributed by atoms with Crippen LogP contribution >= 0.6 is 0 Å². The molecule has 188 valence electrons. The Hall–Kier alpha value is -2.19. The van der Waals surface area contributed by atoms with Gasteiger partial charge in [-0.2, -0.15) is 0 Å². The van der Waals surface area contributed by atoms with Crippen LogP contribution in [0.3, 0.4) is 0 Å². The van der Waals surface area contributed by atoms with E-state index in [9.17, 15) is 31.5 Å². The second-order valence-electron chi connectivity index (χ2n) is 8.60. The Morgan fingerprint density at radius 2 is 1.21 bits per heavy atom. The lowest BCUT2D eigenvalue weighted by atomic mass is 10.0. The fourth-order valence-corrected chi connectivity index (χ4v) is 3.41. The van der Waals surface area contributed by atoms with Gasteiger partial charge in [-0.15, -0.1) is 0 Å². The number of carbonyl (C=O) groups excluding carboxylic acids is 2. The van der Waals surface area contributed by atoms with Crippen LogP contribution in [0, 0.1) is 35.0 Å². The number of halogens is 5. The minimum absolute atomic E-state index is 0.0672. The maximum absolute atomic E-state index is 13.9. The monoisotopic (exact) mass is 479 g/mol. The van der Waals surface area contributed by atoms with Crippen LogP contribution in [0.25, 0.3) is 0 Å². The first-order valence-electron chi connectivity index (χ1n) is 11.6. The van der Waals surface area contributed by atoms with Crippen molar-refractivity contribution in [1.82, 2.24) is 5.32 Å². The molecule has 0 aliphatic heterocycles. The summed E-state index contributed by atoms with van der Waals surface area (Å²) in [6.45, 7) is 5.76. The van der Waals surface area contributed by atoms with Crippen molar-refractivity contribution >= 4 is 11.9 Å². The van der Waals surface area contributed by atoms with E-state index in [-0.39, 0.29) is 18.9 Å². The third-order valence-corrected chi connectivity index (χ3v) is 5.23. The van der Waals surface area contributed by atoms with Crippen LogP contribution in [0.15, 0.2) is 0 Å². The summed E-state index contributed by atoms with van der Waals surface area (Å²) in [5, 5.41) is 2.06. The lowest BCUT2D eigenvalue weighted by Crippen LogP contribution is -2.43. The van der Waals surface area contributed by atoms with E-state index in [0.29, 0.717) is 6.42 Å². The number of carbonyl (C=O) groups is 2. The molecule has 1 aromatic rings. The lowest BCUT2D eigenvalue weighted by Gasteiger charge is -2.20. The number of unbranched alkanes of at least 4 members (excludes halogenated alkanes) is 8. The van der Waals surface area contributed by atoms with E-state index in [4.69, 9.17) is 4.74 Å². The molecule has 0 saturated heterocycles. The molecule has 0 aromatic heterocycles. The smallest absolute Gasteiger partial charge is 0.328 e. The van der Waals surface area contributed by atoms with Gasteiger partial charge in [0.05, 0.1) is 6.61 Å². The average Bonchev–Trinajstić information content (AvgIpc) is 2.76. The highest BCUT2D eigenvalue weighted by Crippen LogP contribution is 2.23. The Morgan fingerprint density at radius 3 is 1.70 bits per heavy atom. The zero-order chi connectivity index (χ0) is 25.0. The fourth-order valence-electron chi connectivity index (χ4n) is 3.41. The van der Waals surface area contributed by atoms with Gasteiger partial charge in [0.2, 0.25) is 5.82 Å². The highest BCUT2D eigenvalue weighted by atomic mass is 19.2. The van der Waals surface area contributed by atoms with Crippen molar-refractivity contribution < 1.29 is 36.3 Å². The standard InChI is InChI=1S/C24H34F5NO3/c1-4-5-6-7-8-9-10-11-12-13-33-24(32)16(14-15(2)3)30-23(31)17-18(25)20(27)22(29)21(28)19(17)26/h15-16H,4-14H2,1-3H3,(H,30,31). The van der Waals surface area contributed by atoms with Gasteiger partial charge in [0.15, 0.2) is 23.3 Å². The van der Waals surface area contributed by atoms with Gasteiger partial charge in [-0.05, 0) is 18.8 Å². The number of rotatable bonds is 15. The predicted octanol–water partition coefficient (Wildman–Crippen LogP) is 6.60. The first kappa shape index (κ1) is 28.8. The molecule has 0 saturated carbocycles. The molecule has 0 radical (unpaired) electrons. The number of ether oxygens (including phenoxy) is 1. The maximum Gasteiger partial charge on any atom is 0.328 e. The van der Waals surface area contributed by atoms with Crippen molar-refractivity contribution in [2.75, 3.05) is 6.61 Å². The molecular formula is C24H34F5NO3. The van der Waals surface area contributed by atoms with Crippen LogP contribution in [0.2, 0.25) is 0 Å². The minimum atomic E-state index is -2.36. The highest BCUT2D eigenvalue weighted by Gasteiger charge is 2.32. The van der Waals surface area contributed by atoms with Crippen LogP contribution in [0.1, 0.15) is 95.3 Å². The summed E-state index contributed by atoms with van der Waals surface area (Å²) in [5.74, 6) is -13.8. The first-order chi connectivity index (χ1) is 15.6. The average molecular weight is 480 g/mol. The van der Waals surface area contributed by atoms with Gasteiger partial charge in [0.25, 0.3) is 5.91 Å². The second-order valence-corrected chi connectivity index (χ2v) is 8.60. The molecule has 0 heterocycles. The van der Waals surface area contributed by atoms with E-state index >= 15 is 0 Å². The molecule has 0 fully saturated rings. The summed E-state index contributed by atoms with van der Waals surface area (Å²) in [4.78, 5) is 24.7. The van der Waals surface area contributed by atoms with Gasteiger partial charge in [-0.1, -0.05) is 72.1 Å². The van der Waals surface area contributed by atoms with Crippen molar-refractivity contribution in [2.45, 2.75) is 91.0 Å². The SMILES string of the molecule is CCCCCCCCCCCOC(=O)C(CC(C)C)NC(=O)c1c(F)c(F)c(F)c(F)c1F. The zero-order valence-corrected chi connectivity index (χ0v) is 19.5. The molecule has 1 N–H and O–H groups in total. The van der Waals surface area contributed by atoms with E-state index in [1.165, 1.54) is 32.1 Å². The summed E-state index contributed by atoms with van der Waals surface area (Å²) < 4.78 is 73.0. The molecule has 1 rings (SSSR count). The number of amides is 1. The van der Waals surface area contributed by atoms with E-state index in [1.54, 1.807) is 13.8 Å². The van der Waals surface area contributed by atoms with Gasteiger partial charge in [0, 0.05) is 0 Å². The van der Waals surface area contributed by atoms with Crippen molar-refractivity contribution in [3.63, 3.8) is 0 Å². The van der Waals surface area contributed by atoms with Crippen LogP contribution in [0.5, 0.6) is 0 Å². The molecular weight excluding hydrogens is 445 g/mol. The first-order valence-corrected chi connectivity index (χ1v) is 11.6. The molecule has 0 aliphatic carbocycles. The Kier molecular flexibility index (Phi) is 13.0. The van der Waals surface area contributed by atoms with E-state index < -0.39 is 52.6 Å². The van der Waals surface area contributed by atoms with Crippen molar-refractivity contribution in [1.29, 1.82) is 0 Å². The van der Waals surface area contributed by atoms with Crippen molar-refractivity contribution in [3.8, 4) is 0 Å². The second kappa shape index (κ2) is 14.9. The Morgan fingerprint density at radius 1 is 0.758 bits per heavy atom. The third-order valence-electron chi connectivity index (χ3n) is 5.23. The summed E-state index contributed by atoms with van der Waals surface area (Å²) in [6, 6.07) is -1.29. The summed E-state index contributed by atoms with van der Waals surface area (Å²) in [7, 11) is 0. The summed E-state index contributed by atoms with van der Waals surface area (Å²) in [6.07, 6.45) is 9.73. The van der Waals surface area contributed by atoms with Gasteiger partial charge in [-0.3, -0.25) is 4.79 Å². The van der Waals surface area contributed by atoms with Gasteiger partial charge >= 0.3 is 5.97 Å². The van der Waals surface area contributed by atoms with Gasteiger partial charge in [-0.25, -0.2) is 26.7 Å². The molecule has 0 aliphatic rings. The van der Waals surface area contributed by atoms with Gasteiger partial charge < -0.3 is 10.1 Å². The Labute approximate surface area is 192 Å². The molecule has 1 amide bonds. The van der Waals surface area contributed by atoms with E-state index in [0.717, 1.165) is 19.3 Å². The number of nitrogens with one attached hydrogen (secondary N) is 1. The number of hydrogen-bond acceptors (Lipinski definition) is 3. The third kappa shape index (κ3) is 9.29. The number of benzene rings is 1. The lowest BCUT2D eigenvalue weighted by molar-refractivity contribution is -0.146. The highest BCUT2D eigenvalue weighted by molar-refractivity contribution is 5.97. The zero-order valence-electron chi connectivity index (χ0n) is 19.5. The molecule has 33 heavy (non-hydrogen) atoms. The Bertz CT molecular complexity index is 757. The predicted molar refractivity (Wildman–Crippen MR) is 115 cm³/mol. The molecule has 4 nitrogen and oxygen atoms in total. The molecule has 1 unspecified atom stereocenters. The summed E-state index contributed by atoms with van der Waals surface area (Å²) >= 11 is 0. The van der Waals surface area contributed by atoms with Crippen molar-refractivity contribution in [3.05, 3.63) is 34.6 Å². The van der Waals surface area contributed by atoms with Gasteiger partial charge in [0.1, 0.15) is 11.6 Å². The van der Waals surface area contributed by atoms with Crippen LogP contribution < -0.4 is 5.32 Å². The fraction of sp³-hybridized carbons (Fsp3) is 0.667. The quantitative estimate of drug-likeness (QED) is 0.101. The number of esters is 1. The van der Waals surface area contributed by atoms with Crippen LogP contribution in [-0.2, 0) is 9.53 Å². The van der Waals surface area contributed by atoms with Crippen molar-refractivity contribution in [2.24, 2.45) is 5.92 Å². The molecule has 0 spiro atoms. The van der Waals surface area contributed by atoms with E-state index in [1.807, 2.05) is 0 Å². The minimum Gasteiger partial charge on any atom is -0.464 e. The Balaban J connectivity index is 2.62. The molecule has 1 aromatic carbocycles. The molecule has 1 atom stereocenters. The molecule has 9 heteroatoms. The topological polar surface area (TPSA) is 55.4 Å². The summed E-state index contributed by atoms with van der Waals surface area (Å²) in [5.41, 5.74) is -1.63. The van der Waals surface area contributed by atoms with Crippen LogP contribution in [-0.4, -0.2) is 24.5 Å². The molecule has 0 bridgehead atoms. The van der Waals surface area contributed by atoms with Crippen LogP contribution in [0.4, 0.5) is 22.0 Å². The normalized spacial score (nSPS) is 12.2. The van der Waals surface area contributed by atoms with E-state index in [2.05, 4.69) is 12.2 Å². The number of hydrogen-bond donors (Lipinski definition) is 1. The maximum atomic E-state index is 13.9. The largest absolute Gasteiger partial charge is 0.464 e.